The van der Waals surface area contributed by atoms with Crippen LogP contribution in [-0.4, -0.2) is 28.8 Å². The lowest BCUT2D eigenvalue weighted by Crippen LogP contribution is -2.50. The third-order valence-corrected chi connectivity index (χ3v) is 5.99. The van der Waals surface area contributed by atoms with Gasteiger partial charge in [-0.05, 0) is 49.4 Å². The van der Waals surface area contributed by atoms with E-state index in [1.807, 2.05) is 63.2 Å². The summed E-state index contributed by atoms with van der Waals surface area (Å²) in [6.07, 6.45) is 2.12. The minimum atomic E-state index is -0.561. The average molecular weight is 449 g/mol. The SMILES string of the molecule is CC[C@H](C(=O)N[C@@H](C)CC)N(Cc1ccccc1Cl)C(=O)CCc1ccccc1Cl. The Labute approximate surface area is 189 Å². The van der Waals surface area contributed by atoms with Crippen LogP contribution >= 0.6 is 23.2 Å². The molecule has 0 aromatic heterocycles. The van der Waals surface area contributed by atoms with Gasteiger partial charge in [0.05, 0.1) is 0 Å². The van der Waals surface area contributed by atoms with Gasteiger partial charge in [-0.2, -0.15) is 0 Å². The standard InChI is InChI=1S/C24H30Cl2N2O2/c1-4-17(3)27-24(30)22(5-2)28(16-19-11-7-9-13-21(19)26)23(29)15-14-18-10-6-8-12-20(18)25/h6-13,17,22H,4-5,14-16H2,1-3H3,(H,27,30)/t17-,22+/m0/s1. The predicted octanol–water partition coefficient (Wildman–Crippen LogP) is 5.65. The van der Waals surface area contributed by atoms with E-state index in [9.17, 15) is 9.59 Å². The number of aryl methyl sites for hydroxylation is 1. The number of halogens is 2. The maximum atomic E-state index is 13.3. The fraction of sp³-hybridized carbons (Fsp3) is 0.417. The van der Waals surface area contributed by atoms with E-state index in [4.69, 9.17) is 23.2 Å². The van der Waals surface area contributed by atoms with Crippen molar-refractivity contribution in [3.8, 4) is 0 Å². The van der Waals surface area contributed by atoms with Crippen molar-refractivity contribution in [3.63, 3.8) is 0 Å². The smallest absolute Gasteiger partial charge is 0.243 e. The number of hydrogen-bond donors (Lipinski definition) is 1. The molecule has 4 nitrogen and oxygen atoms in total. The molecule has 0 spiro atoms. The third kappa shape index (κ3) is 6.75. The third-order valence-electron chi connectivity index (χ3n) is 5.25. The van der Waals surface area contributed by atoms with Gasteiger partial charge in [0.1, 0.15) is 6.04 Å². The lowest BCUT2D eigenvalue weighted by molar-refractivity contribution is -0.141. The number of carbonyl (C=O) groups excluding carboxylic acids is 2. The molecule has 0 saturated heterocycles. The Kier molecular flexibility index (Phi) is 9.67. The highest BCUT2D eigenvalue weighted by atomic mass is 35.5. The van der Waals surface area contributed by atoms with Crippen molar-refractivity contribution < 1.29 is 9.59 Å². The summed E-state index contributed by atoms with van der Waals surface area (Å²) >= 11 is 12.6. The van der Waals surface area contributed by atoms with E-state index in [2.05, 4.69) is 5.32 Å². The van der Waals surface area contributed by atoms with Crippen LogP contribution < -0.4 is 5.32 Å². The number of rotatable bonds is 10. The lowest BCUT2D eigenvalue weighted by Gasteiger charge is -2.32. The van der Waals surface area contributed by atoms with E-state index in [1.165, 1.54) is 0 Å². The summed E-state index contributed by atoms with van der Waals surface area (Å²) in [6, 6.07) is 14.4. The second kappa shape index (κ2) is 12.0. The Hall–Kier alpha value is -2.04. The largest absolute Gasteiger partial charge is 0.352 e. The van der Waals surface area contributed by atoms with Crippen LogP contribution in [0.15, 0.2) is 48.5 Å². The van der Waals surface area contributed by atoms with Gasteiger partial charge in [-0.1, -0.05) is 73.4 Å². The van der Waals surface area contributed by atoms with Crippen LogP contribution in [0.3, 0.4) is 0 Å². The fourth-order valence-electron chi connectivity index (χ4n) is 3.26. The van der Waals surface area contributed by atoms with Crippen molar-refractivity contribution in [2.75, 3.05) is 0 Å². The molecule has 2 amide bonds. The summed E-state index contributed by atoms with van der Waals surface area (Å²) < 4.78 is 0. The van der Waals surface area contributed by atoms with Crippen molar-refractivity contribution in [2.45, 2.75) is 65.1 Å². The first-order chi connectivity index (χ1) is 14.4. The Bertz CT molecular complexity index is 857. The van der Waals surface area contributed by atoms with E-state index in [1.54, 1.807) is 11.0 Å². The molecule has 0 aliphatic heterocycles. The minimum absolute atomic E-state index is 0.0481. The highest BCUT2D eigenvalue weighted by Gasteiger charge is 2.29. The molecule has 0 bridgehead atoms. The topological polar surface area (TPSA) is 49.4 Å². The van der Waals surface area contributed by atoms with E-state index in [0.29, 0.717) is 22.9 Å². The number of carbonyl (C=O) groups is 2. The summed E-state index contributed by atoms with van der Waals surface area (Å²) in [4.78, 5) is 27.8. The van der Waals surface area contributed by atoms with Crippen LogP contribution in [0, 0.1) is 0 Å². The summed E-state index contributed by atoms with van der Waals surface area (Å²) in [7, 11) is 0. The van der Waals surface area contributed by atoms with Crippen molar-refractivity contribution in [1.82, 2.24) is 10.2 Å². The molecule has 2 aromatic rings. The van der Waals surface area contributed by atoms with Crippen LogP contribution in [0.25, 0.3) is 0 Å². The molecule has 162 valence electrons. The van der Waals surface area contributed by atoms with Gasteiger partial charge in [-0.15, -0.1) is 0 Å². The molecule has 0 unspecified atom stereocenters. The second-order valence-electron chi connectivity index (χ2n) is 7.45. The second-order valence-corrected chi connectivity index (χ2v) is 8.26. The van der Waals surface area contributed by atoms with Gasteiger partial charge in [-0.25, -0.2) is 0 Å². The van der Waals surface area contributed by atoms with Crippen LogP contribution in [0.1, 0.15) is 51.2 Å². The van der Waals surface area contributed by atoms with Gasteiger partial charge in [0.2, 0.25) is 11.8 Å². The lowest BCUT2D eigenvalue weighted by atomic mass is 10.1. The Balaban J connectivity index is 2.24. The average Bonchev–Trinajstić information content (AvgIpc) is 2.74. The molecule has 0 saturated carbocycles. The maximum Gasteiger partial charge on any atom is 0.243 e. The molecule has 2 rings (SSSR count). The van der Waals surface area contributed by atoms with Crippen molar-refractivity contribution >= 4 is 35.0 Å². The zero-order valence-electron chi connectivity index (χ0n) is 17.8. The monoisotopic (exact) mass is 448 g/mol. The normalized spacial score (nSPS) is 12.8. The molecule has 2 atom stereocenters. The Morgan fingerprint density at radius 1 is 0.933 bits per heavy atom. The summed E-state index contributed by atoms with van der Waals surface area (Å²) in [6.45, 7) is 6.18. The number of nitrogens with one attached hydrogen (secondary N) is 1. The molecule has 0 radical (unpaired) electrons. The van der Waals surface area contributed by atoms with E-state index in [-0.39, 0.29) is 30.8 Å². The van der Waals surface area contributed by atoms with Crippen LogP contribution in [0.4, 0.5) is 0 Å². The van der Waals surface area contributed by atoms with E-state index >= 15 is 0 Å². The molecular formula is C24H30Cl2N2O2. The van der Waals surface area contributed by atoms with Gasteiger partial charge >= 0.3 is 0 Å². The van der Waals surface area contributed by atoms with Gasteiger partial charge in [0, 0.05) is 29.1 Å². The molecule has 0 aliphatic carbocycles. The molecule has 6 heteroatoms. The van der Waals surface area contributed by atoms with E-state index < -0.39 is 6.04 Å². The van der Waals surface area contributed by atoms with E-state index in [0.717, 1.165) is 17.5 Å². The summed E-state index contributed by atoms with van der Waals surface area (Å²) in [5, 5.41) is 4.24. The number of benzene rings is 2. The van der Waals surface area contributed by atoms with Crippen molar-refractivity contribution in [1.29, 1.82) is 0 Å². The first kappa shape index (κ1) is 24.2. The molecule has 0 aliphatic rings. The molecule has 30 heavy (non-hydrogen) atoms. The van der Waals surface area contributed by atoms with Crippen LogP contribution in [-0.2, 0) is 22.6 Å². The van der Waals surface area contributed by atoms with Gasteiger partial charge in [0.15, 0.2) is 0 Å². The minimum Gasteiger partial charge on any atom is -0.352 e. The van der Waals surface area contributed by atoms with Gasteiger partial charge in [-0.3, -0.25) is 9.59 Å². The number of hydrogen-bond acceptors (Lipinski definition) is 2. The zero-order valence-corrected chi connectivity index (χ0v) is 19.3. The molecular weight excluding hydrogens is 419 g/mol. The van der Waals surface area contributed by atoms with Crippen LogP contribution in [0.5, 0.6) is 0 Å². The molecule has 0 heterocycles. The Morgan fingerprint density at radius 2 is 1.50 bits per heavy atom. The number of nitrogens with zero attached hydrogens (tertiary/aromatic N) is 1. The fourth-order valence-corrected chi connectivity index (χ4v) is 3.68. The predicted molar refractivity (Wildman–Crippen MR) is 124 cm³/mol. The molecule has 2 aromatic carbocycles. The maximum absolute atomic E-state index is 13.3. The summed E-state index contributed by atoms with van der Waals surface area (Å²) in [5.74, 6) is -0.231. The highest BCUT2D eigenvalue weighted by molar-refractivity contribution is 6.31. The van der Waals surface area contributed by atoms with Gasteiger partial charge < -0.3 is 10.2 Å². The van der Waals surface area contributed by atoms with Crippen LogP contribution in [0.2, 0.25) is 10.0 Å². The first-order valence-electron chi connectivity index (χ1n) is 10.4. The van der Waals surface area contributed by atoms with Crippen molar-refractivity contribution in [2.24, 2.45) is 0 Å². The molecule has 1 N–H and O–H groups in total. The highest BCUT2D eigenvalue weighted by Crippen LogP contribution is 2.22. The molecule has 0 fully saturated rings. The van der Waals surface area contributed by atoms with Gasteiger partial charge in [0.25, 0.3) is 0 Å². The summed E-state index contributed by atoms with van der Waals surface area (Å²) in [5.41, 5.74) is 1.74. The quantitative estimate of drug-likeness (QED) is 0.510. The first-order valence-corrected chi connectivity index (χ1v) is 11.2. The zero-order chi connectivity index (χ0) is 22.1. The Morgan fingerprint density at radius 3 is 2.03 bits per heavy atom. The number of amides is 2. The van der Waals surface area contributed by atoms with Crippen molar-refractivity contribution in [3.05, 3.63) is 69.7 Å².